The highest BCUT2D eigenvalue weighted by Crippen LogP contribution is 2.14. The van der Waals surface area contributed by atoms with Crippen molar-refractivity contribution in [3.8, 4) is 0 Å². The summed E-state index contributed by atoms with van der Waals surface area (Å²) in [5.41, 5.74) is 1.87. The number of carbonyl (C=O) groups is 2. The van der Waals surface area contributed by atoms with E-state index in [1.54, 1.807) is 7.05 Å². The van der Waals surface area contributed by atoms with Crippen LogP contribution < -0.4 is 5.32 Å². The average Bonchev–Trinajstić information content (AvgIpc) is 2.94. The van der Waals surface area contributed by atoms with Gasteiger partial charge in [0.15, 0.2) is 0 Å². The summed E-state index contributed by atoms with van der Waals surface area (Å²) in [6.45, 7) is 2.64. The van der Waals surface area contributed by atoms with E-state index < -0.39 is 0 Å². The lowest BCUT2D eigenvalue weighted by Crippen LogP contribution is -2.40. The zero-order valence-corrected chi connectivity index (χ0v) is 11.9. The Balaban J connectivity index is 1.84. The van der Waals surface area contributed by atoms with Crippen LogP contribution in [-0.2, 0) is 14.3 Å². The van der Waals surface area contributed by atoms with Gasteiger partial charge in [0.2, 0.25) is 5.91 Å². The fourth-order valence-electron chi connectivity index (χ4n) is 2.15. The lowest BCUT2D eigenvalue weighted by Gasteiger charge is -2.20. The normalized spacial score (nSPS) is 17.8. The Morgan fingerprint density at radius 2 is 2.05 bits per heavy atom. The third-order valence-corrected chi connectivity index (χ3v) is 3.30. The van der Waals surface area contributed by atoms with Crippen molar-refractivity contribution >= 4 is 17.5 Å². The summed E-state index contributed by atoms with van der Waals surface area (Å²) in [6.07, 6.45) is 1.26. The molecule has 0 aliphatic carbocycles. The van der Waals surface area contributed by atoms with Gasteiger partial charge in [0.25, 0.3) is 5.91 Å². The minimum Gasteiger partial charge on any atom is -0.368 e. The Kier molecular flexibility index (Phi) is 4.74. The SMILES string of the molecule is Cc1ccc(NC(=O)CN(C)C(=O)[C@H]2CCCO2)cc1. The molecule has 2 amide bonds. The number of amides is 2. The second kappa shape index (κ2) is 6.52. The van der Waals surface area contributed by atoms with Gasteiger partial charge in [-0.1, -0.05) is 17.7 Å². The lowest BCUT2D eigenvalue weighted by atomic mass is 10.2. The van der Waals surface area contributed by atoms with Crippen LogP contribution in [0.4, 0.5) is 5.69 Å². The van der Waals surface area contributed by atoms with Gasteiger partial charge in [0.1, 0.15) is 6.10 Å². The van der Waals surface area contributed by atoms with E-state index in [1.807, 2.05) is 31.2 Å². The highest BCUT2D eigenvalue weighted by Gasteiger charge is 2.27. The second-order valence-corrected chi connectivity index (χ2v) is 5.11. The largest absolute Gasteiger partial charge is 0.368 e. The number of rotatable bonds is 4. The summed E-state index contributed by atoms with van der Waals surface area (Å²) in [4.78, 5) is 25.3. The van der Waals surface area contributed by atoms with Crippen molar-refractivity contribution < 1.29 is 14.3 Å². The predicted octanol–water partition coefficient (Wildman–Crippen LogP) is 1.57. The molecule has 1 fully saturated rings. The van der Waals surface area contributed by atoms with Gasteiger partial charge in [0.05, 0.1) is 6.54 Å². The molecule has 5 nitrogen and oxygen atoms in total. The Hall–Kier alpha value is -1.88. The van der Waals surface area contributed by atoms with E-state index in [1.165, 1.54) is 4.90 Å². The van der Waals surface area contributed by atoms with Crippen LogP contribution >= 0.6 is 0 Å². The monoisotopic (exact) mass is 276 g/mol. The molecular formula is C15H20N2O3. The first-order valence-electron chi connectivity index (χ1n) is 6.79. The first-order valence-corrected chi connectivity index (χ1v) is 6.79. The van der Waals surface area contributed by atoms with Gasteiger partial charge in [-0.2, -0.15) is 0 Å². The average molecular weight is 276 g/mol. The van der Waals surface area contributed by atoms with E-state index >= 15 is 0 Å². The molecule has 1 aliphatic rings. The molecule has 1 aliphatic heterocycles. The van der Waals surface area contributed by atoms with Gasteiger partial charge in [-0.15, -0.1) is 0 Å². The molecule has 0 spiro atoms. The molecule has 5 heteroatoms. The molecule has 1 heterocycles. The van der Waals surface area contributed by atoms with Crippen LogP contribution in [0.1, 0.15) is 18.4 Å². The molecule has 1 saturated heterocycles. The Morgan fingerprint density at radius 1 is 1.35 bits per heavy atom. The van der Waals surface area contributed by atoms with Crippen molar-refractivity contribution in [3.05, 3.63) is 29.8 Å². The van der Waals surface area contributed by atoms with Gasteiger partial charge in [0, 0.05) is 19.3 Å². The highest BCUT2D eigenvalue weighted by molar-refractivity contribution is 5.95. The summed E-state index contributed by atoms with van der Waals surface area (Å²) in [6, 6.07) is 7.54. The Labute approximate surface area is 118 Å². The molecular weight excluding hydrogens is 256 g/mol. The fraction of sp³-hybridized carbons (Fsp3) is 0.467. The van der Waals surface area contributed by atoms with Gasteiger partial charge in [-0.3, -0.25) is 9.59 Å². The molecule has 108 valence electrons. The van der Waals surface area contributed by atoms with Crippen molar-refractivity contribution in [1.29, 1.82) is 0 Å². The van der Waals surface area contributed by atoms with E-state index in [9.17, 15) is 9.59 Å². The number of ether oxygens (including phenoxy) is 1. The molecule has 0 radical (unpaired) electrons. The number of anilines is 1. The maximum absolute atomic E-state index is 12.0. The molecule has 20 heavy (non-hydrogen) atoms. The molecule has 0 saturated carbocycles. The fourth-order valence-corrected chi connectivity index (χ4v) is 2.15. The first kappa shape index (κ1) is 14.5. The summed E-state index contributed by atoms with van der Waals surface area (Å²) >= 11 is 0. The summed E-state index contributed by atoms with van der Waals surface area (Å²) < 4.78 is 5.33. The minimum absolute atomic E-state index is 0.0343. The number of hydrogen-bond donors (Lipinski definition) is 1. The molecule has 1 aromatic rings. The van der Waals surface area contributed by atoms with Crippen molar-refractivity contribution in [2.45, 2.75) is 25.9 Å². The maximum Gasteiger partial charge on any atom is 0.251 e. The van der Waals surface area contributed by atoms with E-state index in [0.29, 0.717) is 6.61 Å². The van der Waals surface area contributed by atoms with Crippen LogP contribution in [0.25, 0.3) is 0 Å². The third-order valence-electron chi connectivity index (χ3n) is 3.30. The van der Waals surface area contributed by atoms with Crippen molar-refractivity contribution in [1.82, 2.24) is 4.90 Å². The standard InChI is InChI=1S/C15H20N2O3/c1-11-5-7-12(8-6-11)16-14(18)10-17(2)15(19)13-4-3-9-20-13/h5-8,13H,3-4,9-10H2,1-2H3,(H,16,18)/t13-/m1/s1. The highest BCUT2D eigenvalue weighted by atomic mass is 16.5. The van der Waals surface area contributed by atoms with Crippen molar-refractivity contribution in [2.24, 2.45) is 0 Å². The van der Waals surface area contributed by atoms with E-state index in [4.69, 9.17) is 4.74 Å². The van der Waals surface area contributed by atoms with E-state index in [0.717, 1.165) is 24.1 Å². The molecule has 2 rings (SSSR count). The minimum atomic E-state index is -0.382. The van der Waals surface area contributed by atoms with E-state index in [-0.39, 0.29) is 24.5 Å². The first-order chi connectivity index (χ1) is 9.56. The number of carbonyl (C=O) groups excluding carboxylic acids is 2. The zero-order chi connectivity index (χ0) is 14.5. The predicted molar refractivity (Wildman–Crippen MR) is 76.4 cm³/mol. The summed E-state index contributed by atoms with van der Waals surface area (Å²) in [5, 5.41) is 2.77. The van der Waals surface area contributed by atoms with Gasteiger partial charge < -0.3 is 15.0 Å². The Morgan fingerprint density at radius 3 is 2.65 bits per heavy atom. The van der Waals surface area contributed by atoms with Crippen LogP contribution in [0.15, 0.2) is 24.3 Å². The zero-order valence-electron chi connectivity index (χ0n) is 11.9. The summed E-state index contributed by atoms with van der Waals surface area (Å²) in [5.74, 6) is -0.329. The van der Waals surface area contributed by atoms with Gasteiger partial charge in [-0.05, 0) is 31.9 Å². The van der Waals surface area contributed by atoms with Crippen LogP contribution in [0.5, 0.6) is 0 Å². The van der Waals surface area contributed by atoms with Crippen LogP contribution in [0.3, 0.4) is 0 Å². The molecule has 0 aromatic heterocycles. The molecule has 0 unspecified atom stereocenters. The molecule has 0 bridgehead atoms. The number of nitrogens with one attached hydrogen (secondary N) is 1. The van der Waals surface area contributed by atoms with Crippen molar-refractivity contribution in [3.63, 3.8) is 0 Å². The smallest absolute Gasteiger partial charge is 0.251 e. The van der Waals surface area contributed by atoms with Gasteiger partial charge in [-0.25, -0.2) is 0 Å². The summed E-state index contributed by atoms with van der Waals surface area (Å²) in [7, 11) is 1.62. The Bertz CT molecular complexity index is 478. The van der Waals surface area contributed by atoms with Crippen LogP contribution in [-0.4, -0.2) is 43.0 Å². The third kappa shape index (κ3) is 3.81. The van der Waals surface area contributed by atoms with Crippen LogP contribution in [0, 0.1) is 6.92 Å². The number of aryl methyl sites for hydroxylation is 1. The van der Waals surface area contributed by atoms with Crippen molar-refractivity contribution in [2.75, 3.05) is 25.5 Å². The van der Waals surface area contributed by atoms with Gasteiger partial charge >= 0.3 is 0 Å². The lowest BCUT2D eigenvalue weighted by molar-refractivity contribution is -0.141. The second-order valence-electron chi connectivity index (χ2n) is 5.11. The maximum atomic E-state index is 12.0. The van der Waals surface area contributed by atoms with Crippen LogP contribution in [0.2, 0.25) is 0 Å². The quantitative estimate of drug-likeness (QED) is 0.908. The number of benzene rings is 1. The molecule has 1 atom stereocenters. The molecule has 1 N–H and O–H groups in total. The number of nitrogens with zero attached hydrogens (tertiary/aromatic N) is 1. The van der Waals surface area contributed by atoms with E-state index in [2.05, 4.69) is 5.32 Å². The topological polar surface area (TPSA) is 58.6 Å². The number of likely N-dealkylation sites (N-methyl/N-ethyl adjacent to an activating group) is 1. The molecule has 1 aromatic carbocycles. The number of hydrogen-bond acceptors (Lipinski definition) is 3.